The molecule has 1 N–H and O–H groups in total. The Labute approximate surface area is 157 Å². The van der Waals surface area contributed by atoms with Gasteiger partial charge in [-0.15, -0.1) is 0 Å². The van der Waals surface area contributed by atoms with Gasteiger partial charge < -0.3 is 10.1 Å². The molecule has 1 aliphatic carbocycles. The molecule has 0 spiro atoms. The van der Waals surface area contributed by atoms with E-state index in [4.69, 9.17) is 16.3 Å². The van der Waals surface area contributed by atoms with Crippen LogP contribution < -0.4 is 5.32 Å². The van der Waals surface area contributed by atoms with Crippen LogP contribution in [-0.2, 0) is 16.1 Å². The van der Waals surface area contributed by atoms with Crippen LogP contribution in [0.5, 0.6) is 0 Å². The summed E-state index contributed by atoms with van der Waals surface area (Å²) in [6.07, 6.45) is 2.19. The average Bonchev–Trinajstić information content (AvgIpc) is 3.29. The molecule has 3 rings (SSSR count). The monoisotopic (exact) mass is 375 g/mol. The Hall–Kier alpha value is -2.34. The molecule has 0 bridgehead atoms. The standard InChI is InChI=1S/C19H22ClN3O3/c1-4-23-10-16(17(22-23)19(25)26-11(2)3)21-18(24)15-9-14(15)12-5-7-13(20)8-6-12/h5-8,10-11,14-15H,4,9H2,1-3H3,(H,21,24). The van der Waals surface area contributed by atoms with Crippen LogP contribution >= 0.6 is 11.6 Å². The minimum atomic E-state index is -0.535. The molecule has 1 aromatic carbocycles. The van der Waals surface area contributed by atoms with Crippen LogP contribution in [0, 0.1) is 5.92 Å². The summed E-state index contributed by atoms with van der Waals surface area (Å²) in [5, 5.41) is 7.73. The van der Waals surface area contributed by atoms with Gasteiger partial charge in [-0.3, -0.25) is 9.48 Å². The highest BCUT2D eigenvalue weighted by Crippen LogP contribution is 2.48. The molecule has 0 aliphatic heterocycles. The van der Waals surface area contributed by atoms with Crippen LogP contribution in [0.2, 0.25) is 5.02 Å². The molecule has 2 unspecified atom stereocenters. The summed E-state index contributed by atoms with van der Waals surface area (Å²) in [6, 6.07) is 7.55. The second kappa shape index (κ2) is 7.50. The van der Waals surface area contributed by atoms with E-state index in [1.165, 1.54) is 0 Å². The molecule has 1 amide bonds. The molecule has 1 aliphatic rings. The predicted molar refractivity (Wildman–Crippen MR) is 99.4 cm³/mol. The van der Waals surface area contributed by atoms with Gasteiger partial charge in [-0.2, -0.15) is 5.10 Å². The van der Waals surface area contributed by atoms with Crippen LogP contribution in [0.1, 0.15) is 49.2 Å². The molecule has 6 nitrogen and oxygen atoms in total. The SMILES string of the molecule is CCn1cc(NC(=O)C2CC2c2ccc(Cl)cc2)c(C(=O)OC(C)C)n1. The molecule has 2 atom stereocenters. The average molecular weight is 376 g/mol. The summed E-state index contributed by atoms with van der Waals surface area (Å²) >= 11 is 5.91. The van der Waals surface area contributed by atoms with Crippen molar-refractivity contribution in [2.45, 2.75) is 45.8 Å². The zero-order chi connectivity index (χ0) is 18.8. The minimum Gasteiger partial charge on any atom is -0.458 e. The fourth-order valence-corrected chi connectivity index (χ4v) is 3.01. The Morgan fingerprint density at radius 2 is 2.04 bits per heavy atom. The van der Waals surface area contributed by atoms with Crippen molar-refractivity contribution in [1.82, 2.24) is 9.78 Å². The van der Waals surface area contributed by atoms with Crippen molar-refractivity contribution in [2.24, 2.45) is 5.92 Å². The zero-order valence-corrected chi connectivity index (χ0v) is 15.8. The first-order chi connectivity index (χ1) is 12.4. The number of carbonyl (C=O) groups excluding carboxylic acids is 2. The number of halogens is 1. The van der Waals surface area contributed by atoms with Gasteiger partial charge in [0, 0.05) is 23.7 Å². The third kappa shape index (κ3) is 4.07. The van der Waals surface area contributed by atoms with Crippen LogP contribution in [0.3, 0.4) is 0 Å². The van der Waals surface area contributed by atoms with Crippen molar-refractivity contribution in [1.29, 1.82) is 0 Å². The van der Waals surface area contributed by atoms with Crippen LogP contribution in [0.25, 0.3) is 0 Å². The summed E-state index contributed by atoms with van der Waals surface area (Å²) in [6.45, 7) is 6.05. The first-order valence-electron chi connectivity index (χ1n) is 8.73. The molecule has 138 valence electrons. The van der Waals surface area contributed by atoms with E-state index in [-0.39, 0.29) is 29.5 Å². The number of esters is 1. The number of hydrogen-bond donors (Lipinski definition) is 1. The number of carbonyl (C=O) groups is 2. The highest BCUT2D eigenvalue weighted by molar-refractivity contribution is 6.30. The Morgan fingerprint density at radius 3 is 2.65 bits per heavy atom. The molecule has 26 heavy (non-hydrogen) atoms. The number of rotatable bonds is 6. The second-order valence-electron chi connectivity index (χ2n) is 6.69. The van der Waals surface area contributed by atoms with E-state index in [9.17, 15) is 9.59 Å². The zero-order valence-electron chi connectivity index (χ0n) is 15.0. The lowest BCUT2D eigenvalue weighted by atomic mass is 10.1. The van der Waals surface area contributed by atoms with E-state index < -0.39 is 5.97 Å². The number of hydrogen-bond acceptors (Lipinski definition) is 4. The number of amides is 1. The van der Waals surface area contributed by atoms with Crippen molar-refractivity contribution in [3.05, 3.63) is 46.7 Å². The van der Waals surface area contributed by atoms with Crippen molar-refractivity contribution >= 4 is 29.2 Å². The Morgan fingerprint density at radius 1 is 1.35 bits per heavy atom. The number of anilines is 1. The van der Waals surface area contributed by atoms with Gasteiger partial charge in [0.25, 0.3) is 0 Å². The topological polar surface area (TPSA) is 73.2 Å². The molecule has 0 saturated heterocycles. The van der Waals surface area contributed by atoms with E-state index in [1.807, 2.05) is 31.2 Å². The van der Waals surface area contributed by atoms with Gasteiger partial charge in [-0.1, -0.05) is 23.7 Å². The number of ether oxygens (including phenoxy) is 1. The lowest BCUT2D eigenvalue weighted by Gasteiger charge is -2.08. The number of nitrogens with one attached hydrogen (secondary N) is 1. The van der Waals surface area contributed by atoms with Gasteiger partial charge >= 0.3 is 5.97 Å². The fourth-order valence-electron chi connectivity index (χ4n) is 2.88. The van der Waals surface area contributed by atoms with Gasteiger partial charge in [-0.05, 0) is 50.8 Å². The molecular weight excluding hydrogens is 354 g/mol. The number of nitrogens with zero attached hydrogens (tertiary/aromatic N) is 2. The van der Waals surface area contributed by atoms with Crippen molar-refractivity contribution in [2.75, 3.05) is 5.32 Å². The molecule has 0 radical (unpaired) electrons. The van der Waals surface area contributed by atoms with E-state index in [1.54, 1.807) is 24.7 Å². The second-order valence-corrected chi connectivity index (χ2v) is 7.13. The van der Waals surface area contributed by atoms with E-state index in [2.05, 4.69) is 10.4 Å². The maximum atomic E-state index is 12.6. The Balaban J connectivity index is 1.70. The minimum absolute atomic E-state index is 0.112. The summed E-state index contributed by atoms with van der Waals surface area (Å²) < 4.78 is 6.82. The summed E-state index contributed by atoms with van der Waals surface area (Å²) in [5.41, 5.74) is 1.63. The molecule has 1 aromatic heterocycles. The van der Waals surface area contributed by atoms with Crippen LogP contribution in [-0.4, -0.2) is 27.8 Å². The summed E-state index contributed by atoms with van der Waals surface area (Å²) in [5.74, 6) is -0.582. The predicted octanol–water partition coefficient (Wildman–Crippen LogP) is 3.86. The smallest absolute Gasteiger partial charge is 0.361 e. The molecule has 1 saturated carbocycles. The Bertz CT molecular complexity index is 814. The first kappa shape index (κ1) is 18.5. The number of aryl methyl sites for hydroxylation is 1. The van der Waals surface area contributed by atoms with E-state index >= 15 is 0 Å². The van der Waals surface area contributed by atoms with Gasteiger partial charge in [0.15, 0.2) is 5.69 Å². The van der Waals surface area contributed by atoms with E-state index in [0.29, 0.717) is 17.3 Å². The third-order valence-corrected chi connectivity index (χ3v) is 4.56. The maximum Gasteiger partial charge on any atom is 0.361 e. The fraction of sp³-hybridized carbons (Fsp3) is 0.421. The van der Waals surface area contributed by atoms with Gasteiger partial charge in [0.1, 0.15) is 0 Å². The lowest BCUT2D eigenvalue weighted by molar-refractivity contribution is -0.117. The van der Waals surface area contributed by atoms with Crippen molar-refractivity contribution < 1.29 is 14.3 Å². The third-order valence-electron chi connectivity index (χ3n) is 4.31. The van der Waals surface area contributed by atoms with E-state index in [0.717, 1.165) is 12.0 Å². The molecule has 7 heteroatoms. The largest absolute Gasteiger partial charge is 0.458 e. The Kier molecular flexibility index (Phi) is 5.32. The van der Waals surface area contributed by atoms with Crippen molar-refractivity contribution in [3.8, 4) is 0 Å². The molecule has 2 aromatic rings. The molecule has 1 fully saturated rings. The summed E-state index contributed by atoms with van der Waals surface area (Å²) in [4.78, 5) is 24.8. The molecule has 1 heterocycles. The normalized spacial score (nSPS) is 18.7. The van der Waals surface area contributed by atoms with Crippen LogP contribution in [0.15, 0.2) is 30.5 Å². The van der Waals surface area contributed by atoms with Gasteiger partial charge in [0.2, 0.25) is 5.91 Å². The van der Waals surface area contributed by atoms with Gasteiger partial charge in [-0.25, -0.2) is 4.79 Å². The quantitative estimate of drug-likeness (QED) is 0.778. The van der Waals surface area contributed by atoms with Crippen molar-refractivity contribution in [3.63, 3.8) is 0 Å². The van der Waals surface area contributed by atoms with Gasteiger partial charge in [0.05, 0.1) is 11.8 Å². The first-order valence-corrected chi connectivity index (χ1v) is 9.11. The lowest BCUT2D eigenvalue weighted by Crippen LogP contribution is -2.18. The number of benzene rings is 1. The highest BCUT2D eigenvalue weighted by atomic mass is 35.5. The number of aromatic nitrogens is 2. The van der Waals surface area contributed by atoms with Crippen LogP contribution in [0.4, 0.5) is 5.69 Å². The highest BCUT2D eigenvalue weighted by Gasteiger charge is 2.44. The maximum absolute atomic E-state index is 12.6. The molecular formula is C19H22ClN3O3. The summed E-state index contributed by atoms with van der Waals surface area (Å²) in [7, 11) is 0.